The summed E-state index contributed by atoms with van der Waals surface area (Å²) in [5.41, 5.74) is 3.09. The number of hydrogen-bond acceptors (Lipinski definition) is 8. The molecule has 1 aliphatic heterocycles. The van der Waals surface area contributed by atoms with Crippen LogP contribution in [-0.4, -0.2) is 63.9 Å². The molecule has 0 saturated carbocycles. The van der Waals surface area contributed by atoms with Crippen LogP contribution in [-0.2, 0) is 4.79 Å². The van der Waals surface area contributed by atoms with E-state index in [0.717, 1.165) is 5.56 Å². The van der Waals surface area contributed by atoms with Crippen LogP contribution >= 0.6 is 0 Å². The van der Waals surface area contributed by atoms with E-state index in [0.29, 0.717) is 34.0 Å². The van der Waals surface area contributed by atoms with Crippen LogP contribution < -0.4 is 9.47 Å². The van der Waals surface area contributed by atoms with E-state index in [-0.39, 0.29) is 13.0 Å². The molecule has 10 heteroatoms. The van der Waals surface area contributed by atoms with Gasteiger partial charge in [0.1, 0.15) is 29.1 Å². The molecule has 3 heterocycles. The van der Waals surface area contributed by atoms with Crippen molar-refractivity contribution in [3.05, 3.63) is 36.0 Å². The Labute approximate surface area is 173 Å². The number of carboxylic acids is 1. The summed E-state index contributed by atoms with van der Waals surface area (Å²) in [7, 11) is 0.707. The van der Waals surface area contributed by atoms with Crippen molar-refractivity contribution >= 4 is 24.1 Å². The Morgan fingerprint density at radius 3 is 2.83 bits per heavy atom. The summed E-state index contributed by atoms with van der Waals surface area (Å²) in [5, 5.41) is 23.4. The highest BCUT2D eigenvalue weighted by Gasteiger charge is 2.41. The molecule has 1 fully saturated rings. The van der Waals surface area contributed by atoms with E-state index < -0.39 is 25.2 Å². The quantitative estimate of drug-likeness (QED) is 0.589. The van der Waals surface area contributed by atoms with Crippen molar-refractivity contribution in [3.63, 3.8) is 0 Å². The molecule has 0 bridgehead atoms. The number of fused-ring (bicyclic) bond motifs is 1. The minimum atomic E-state index is -0.991. The molecule has 3 aromatic rings. The van der Waals surface area contributed by atoms with Crippen molar-refractivity contribution < 1.29 is 28.9 Å². The summed E-state index contributed by atoms with van der Waals surface area (Å²) >= 11 is 0. The highest BCUT2D eigenvalue weighted by molar-refractivity contribution is 6.45. The SMILES string of the molecule is COc1cccc(-c2cc(O[C@@H]3C[C@@H](C(=O)O)N(B(C)O)C3)c3onc(C)c3n2)c1. The van der Waals surface area contributed by atoms with Gasteiger partial charge in [-0.2, -0.15) is 0 Å². The Kier molecular flexibility index (Phi) is 5.36. The van der Waals surface area contributed by atoms with Gasteiger partial charge < -0.3 is 28.9 Å². The summed E-state index contributed by atoms with van der Waals surface area (Å²) in [5.74, 6) is 0.140. The standard InChI is InChI=1S/C20H22BN3O6/c1-11-18-19(30-23-11)17(9-15(22-18)12-5-4-6-13(7-12)28-3)29-14-8-16(20(25)26)24(10-14)21(2)27/h4-7,9,14,16,27H,8,10H2,1-3H3,(H,25,26)/t14-,16+/m1/s1. The molecular formula is C20H22BN3O6. The molecule has 0 amide bonds. The molecule has 0 unspecified atom stereocenters. The van der Waals surface area contributed by atoms with Crippen molar-refractivity contribution in [1.29, 1.82) is 0 Å². The normalized spacial score (nSPS) is 19.2. The van der Waals surface area contributed by atoms with E-state index in [1.54, 1.807) is 26.9 Å². The number of hydrogen-bond donors (Lipinski definition) is 2. The van der Waals surface area contributed by atoms with Gasteiger partial charge in [-0.3, -0.25) is 4.79 Å². The maximum atomic E-state index is 11.6. The Balaban J connectivity index is 1.71. The second-order valence-electron chi connectivity index (χ2n) is 7.34. The predicted octanol–water partition coefficient (Wildman–Crippen LogP) is 2.22. The van der Waals surface area contributed by atoms with E-state index in [9.17, 15) is 14.9 Å². The number of pyridine rings is 1. The number of aromatic nitrogens is 2. The molecule has 1 aromatic carbocycles. The van der Waals surface area contributed by atoms with Crippen molar-refractivity contribution in [3.8, 4) is 22.8 Å². The van der Waals surface area contributed by atoms with Gasteiger partial charge in [0.25, 0.3) is 0 Å². The fourth-order valence-electron chi connectivity index (χ4n) is 3.76. The maximum Gasteiger partial charge on any atom is 0.377 e. The number of aliphatic carboxylic acids is 1. The van der Waals surface area contributed by atoms with Crippen LogP contribution in [0, 0.1) is 6.92 Å². The number of nitrogens with zero attached hydrogens (tertiary/aromatic N) is 3. The van der Waals surface area contributed by atoms with E-state index in [4.69, 9.17) is 14.0 Å². The first-order valence-corrected chi connectivity index (χ1v) is 9.62. The fourth-order valence-corrected chi connectivity index (χ4v) is 3.76. The molecule has 4 rings (SSSR count). The predicted molar refractivity (Wildman–Crippen MR) is 110 cm³/mol. The zero-order valence-electron chi connectivity index (χ0n) is 16.9. The van der Waals surface area contributed by atoms with Gasteiger partial charge in [-0.25, -0.2) is 4.98 Å². The first kappa shape index (κ1) is 20.2. The lowest BCUT2D eigenvalue weighted by atomic mass is 9.84. The molecule has 9 nitrogen and oxygen atoms in total. The third-order valence-electron chi connectivity index (χ3n) is 5.28. The lowest BCUT2D eigenvalue weighted by molar-refractivity contribution is -0.141. The second-order valence-corrected chi connectivity index (χ2v) is 7.34. The van der Waals surface area contributed by atoms with Gasteiger partial charge in [0, 0.05) is 24.6 Å². The Morgan fingerprint density at radius 1 is 1.37 bits per heavy atom. The molecule has 2 aromatic heterocycles. The molecule has 156 valence electrons. The Bertz CT molecular complexity index is 1090. The average Bonchev–Trinajstić information content (AvgIpc) is 3.32. The van der Waals surface area contributed by atoms with E-state index in [1.165, 1.54) is 4.81 Å². The monoisotopic (exact) mass is 411 g/mol. The third-order valence-corrected chi connectivity index (χ3v) is 5.28. The van der Waals surface area contributed by atoms with E-state index in [1.807, 2.05) is 24.3 Å². The summed E-state index contributed by atoms with van der Waals surface area (Å²) in [6.07, 6.45) is -0.194. The Hall–Kier alpha value is -3.11. The molecule has 30 heavy (non-hydrogen) atoms. The second kappa shape index (κ2) is 7.96. The minimum Gasteiger partial charge on any atom is -0.497 e. The van der Waals surface area contributed by atoms with Crippen LogP contribution in [0.5, 0.6) is 11.5 Å². The first-order valence-electron chi connectivity index (χ1n) is 9.62. The zero-order valence-corrected chi connectivity index (χ0v) is 16.9. The van der Waals surface area contributed by atoms with Gasteiger partial charge in [-0.15, -0.1) is 0 Å². The zero-order chi connectivity index (χ0) is 21.4. The number of carboxylic acid groups (broad SMARTS) is 1. The fraction of sp³-hybridized carbons (Fsp3) is 0.350. The highest BCUT2D eigenvalue weighted by Crippen LogP contribution is 2.34. The molecule has 0 spiro atoms. The summed E-state index contributed by atoms with van der Waals surface area (Å²) < 4.78 is 16.9. The van der Waals surface area contributed by atoms with Gasteiger partial charge in [0.2, 0.25) is 5.58 Å². The summed E-state index contributed by atoms with van der Waals surface area (Å²) in [6.45, 7) is 3.62. The lowest BCUT2D eigenvalue weighted by Gasteiger charge is -2.21. The van der Waals surface area contributed by atoms with Crippen LogP contribution in [0.4, 0.5) is 0 Å². The van der Waals surface area contributed by atoms with Gasteiger partial charge in [0.15, 0.2) is 5.75 Å². The van der Waals surface area contributed by atoms with Crippen LogP contribution in [0.25, 0.3) is 22.4 Å². The van der Waals surface area contributed by atoms with Gasteiger partial charge in [-0.1, -0.05) is 17.3 Å². The Morgan fingerprint density at radius 2 is 2.17 bits per heavy atom. The third kappa shape index (κ3) is 3.71. The van der Waals surface area contributed by atoms with Crippen molar-refractivity contribution in [2.75, 3.05) is 13.7 Å². The number of carbonyl (C=O) groups is 1. The number of rotatable bonds is 6. The van der Waals surface area contributed by atoms with Crippen molar-refractivity contribution in [2.45, 2.75) is 32.3 Å². The summed E-state index contributed by atoms with van der Waals surface area (Å²) in [4.78, 5) is 17.7. The van der Waals surface area contributed by atoms with Gasteiger partial charge in [0.05, 0.1) is 12.8 Å². The lowest BCUT2D eigenvalue weighted by Crippen LogP contribution is -2.45. The number of benzene rings is 1. The first-order chi connectivity index (χ1) is 14.4. The largest absolute Gasteiger partial charge is 0.497 e. The van der Waals surface area contributed by atoms with Crippen LogP contribution in [0.3, 0.4) is 0 Å². The van der Waals surface area contributed by atoms with E-state index >= 15 is 0 Å². The number of methoxy groups -OCH3 is 1. The average molecular weight is 411 g/mol. The highest BCUT2D eigenvalue weighted by atomic mass is 16.5. The van der Waals surface area contributed by atoms with Crippen molar-refractivity contribution in [2.24, 2.45) is 0 Å². The molecular weight excluding hydrogens is 389 g/mol. The molecule has 2 N–H and O–H groups in total. The van der Waals surface area contributed by atoms with Gasteiger partial charge in [-0.05, 0) is 25.9 Å². The summed E-state index contributed by atoms with van der Waals surface area (Å²) in [6, 6.07) is 8.43. The van der Waals surface area contributed by atoms with Crippen LogP contribution in [0.2, 0.25) is 6.82 Å². The van der Waals surface area contributed by atoms with Gasteiger partial charge >= 0.3 is 13.0 Å². The number of ether oxygens (including phenoxy) is 2. The maximum absolute atomic E-state index is 11.6. The molecule has 1 saturated heterocycles. The smallest absolute Gasteiger partial charge is 0.377 e. The molecule has 0 radical (unpaired) electrons. The number of aryl methyl sites for hydroxylation is 1. The van der Waals surface area contributed by atoms with Crippen LogP contribution in [0.15, 0.2) is 34.9 Å². The molecule has 2 atom stereocenters. The van der Waals surface area contributed by atoms with Crippen LogP contribution in [0.1, 0.15) is 12.1 Å². The molecule has 1 aliphatic rings. The minimum absolute atomic E-state index is 0.242. The molecule has 0 aliphatic carbocycles. The van der Waals surface area contributed by atoms with E-state index in [2.05, 4.69) is 10.1 Å². The topological polar surface area (TPSA) is 118 Å². The van der Waals surface area contributed by atoms with Crippen molar-refractivity contribution in [1.82, 2.24) is 15.0 Å².